The first-order valence-electron chi connectivity index (χ1n) is 11.5. The maximum atomic E-state index is 13.0. The molecule has 0 aromatic carbocycles. The van der Waals surface area contributed by atoms with Crippen LogP contribution in [0.25, 0.3) is 0 Å². The van der Waals surface area contributed by atoms with Gasteiger partial charge in [-0.3, -0.25) is 0 Å². The lowest BCUT2D eigenvalue weighted by atomic mass is 9.84. The van der Waals surface area contributed by atoms with Crippen LogP contribution < -0.4 is 4.90 Å². The van der Waals surface area contributed by atoms with Gasteiger partial charge in [0, 0.05) is 25.8 Å². The van der Waals surface area contributed by atoms with Gasteiger partial charge in [-0.05, 0) is 80.4 Å². The molecule has 2 aromatic heterocycles. The van der Waals surface area contributed by atoms with Crippen LogP contribution in [0.5, 0.6) is 0 Å². The van der Waals surface area contributed by atoms with E-state index < -0.39 is 5.60 Å². The molecule has 2 aliphatic rings. The zero-order valence-electron chi connectivity index (χ0n) is 19.2. The Morgan fingerprint density at radius 2 is 2.03 bits per heavy atom. The molecule has 0 unspecified atom stereocenters. The van der Waals surface area contributed by atoms with E-state index in [4.69, 9.17) is 4.74 Å². The molecule has 1 aliphatic carbocycles. The van der Waals surface area contributed by atoms with Crippen LogP contribution in [-0.4, -0.2) is 62.0 Å². The Kier molecular flexibility index (Phi) is 7.02. The molecule has 0 spiro atoms. The number of nitrogens with zero attached hydrogens (tertiary/aromatic N) is 6. The number of hydrogen-bond donors (Lipinski definition) is 0. The predicted octanol–water partition coefficient (Wildman–Crippen LogP) is 4.49. The van der Waals surface area contributed by atoms with Crippen molar-refractivity contribution >= 4 is 27.8 Å². The minimum Gasteiger partial charge on any atom is -0.444 e. The molecule has 1 saturated carbocycles. The van der Waals surface area contributed by atoms with Gasteiger partial charge in [-0.1, -0.05) is 6.42 Å². The number of imidazole rings is 1. The first kappa shape index (κ1) is 23.0. The molecule has 1 atom stereocenters. The van der Waals surface area contributed by atoms with E-state index in [2.05, 4.69) is 36.0 Å². The standard InChI is InChI=1S/C23H33BrN6O2/c1-23(2,3)32-22(31)30(12-17-6-4-7-17)19-8-5-11-29(14-19)21-10-9-18(26-27-21)13-28-15-20(24)25-16-28/h9-10,15-17,19H,4-8,11-14H2,1-3H3/t19-/m1/s1. The Labute approximate surface area is 198 Å². The van der Waals surface area contributed by atoms with Crippen LogP contribution in [0.2, 0.25) is 0 Å². The van der Waals surface area contributed by atoms with Crippen LogP contribution >= 0.6 is 15.9 Å². The van der Waals surface area contributed by atoms with Gasteiger partial charge in [0.1, 0.15) is 10.2 Å². The molecule has 2 aromatic rings. The summed E-state index contributed by atoms with van der Waals surface area (Å²) in [6.45, 7) is 8.89. The number of rotatable bonds is 6. The summed E-state index contributed by atoms with van der Waals surface area (Å²) in [5, 5.41) is 8.91. The van der Waals surface area contributed by atoms with Crippen molar-refractivity contribution in [1.82, 2.24) is 24.6 Å². The van der Waals surface area contributed by atoms with Crippen molar-refractivity contribution in [3.8, 4) is 0 Å². The predicted molar refractivity (Wildman–Crippen MR) is 127 cm³/mol. The number of anilines is 1. The molecule has 8 nitrogen and oxygen atoms in total. The summed E-state index contributed by atoms with van der Waals surface area (Å²) in [6.07, 6.45) is 9.17. The fourth-order valence-electron chi connectivity index (χ4n) is 4.28. The van der Waals surface area contributed by atoms with Crippen molar-refractivity contribution in [2.24, 2.45) is 5.92 Å². The quantitative estimate of drug-likeness (QED) is 0.576. The monoisotopic (exact) mass is 504 g/mol. The molecular weight excluding hydrogens is 472 g/mol. The number of aromatic nitrogens is 4. The number of ether oxygens (including phenoxy) is 1. The second-order valence-electron chi connectivity index (χ2n) is 9.92. The van der Waals surface area contributed by atoms with Crippen molar-refractivity contribution in [1.29, 1.82) is 0 Å². The van der Waals surface area contributed by atoms with E-state index in [1.165, 1.54) is 19.3 Å². The van der Waals surface area contributed by atoms with Crippen LogP contribution in [-0.2, 0) is 11.3 Å². The maximum Gasteiger partial charge on any atom is 0.410 e. The van der Waals surface area contributed by atoms with Crippen molar-refractivity contribution in [3.63, 3.8) is 0 Å². The smallest absolute Gasteiger partial charge is 0.410 e. The first-order valence-corrected chi connectivity index (χ1v) is 12.3. The molecule has 32 heavy (non-hydrogen) atoms. The van der Waals surface area contributed by atoms with E-state index in [0.29, 0.717) is 12.5 Å². The number of carbonyl (C=O) groups is 1. The molecule has 0 N–H and O–H groups in total. The van der Waals surface area contributed by atoms with E-state index >= 15 is 0 Å². The zero-order valence-corrected chi connectivity index (χ0v) is 20.8. The third kappa shape index (κ3) is 5.99. The Morgan fingerprint density at radius 1 is 1.22 bits per heavy atom. The van der Waals surface area contributed by atoms with Crippen LogP contribution in [0.3, 0.4) is 0 Å². The molecule has 2 fully saturated rings. The Morgan fingerprint density at radius 3 is 2.62 bits per heavy atom. The van der Waals surface area contributed by atoms with Gasteiger partial charge in [-0.2, -0.15) is 5.10 Å². The summed E-state index contributed by atoms with van der Waals surface area (Å²) < 4.78 is 8.53. The van der Waals surface area contributed by atoms with Gasteiger partial charge in [0.2, 0.25) is 0 Å². The Balaban J connectivity index is 1.42. The topological polar surface area (TPSA) is 76.4 Å². The van der Waals surface area contributed by atoms with Gasteiger partial charge in [-0.25, -0.2) is 9.78 Å². The number of hydrogen-bond acceptors (Lipinski definition) is 6. The summed E-state index contributed by atoms with van der Waals surface area (Å²) in [5.41, 5.74) is 0.391. The number of piperidine rings is 1. The van der Waals surface area contributed by atoms with E-state index in [-0.39, 0.29) is 12.1 Å². The maximum absolute atomic E-state index is 13.0. The van der Waals surface area contributed by atoms with Gasteiger partial charge in [-0.15, -0.1) is 5.10 Å². The second-order valence-corrected chi connectivity index (χ2v) is 10.7. The number of halogens is 1. The molecule has 174 valence electrons. The SMILES string of the molecule is CC(C)(C)OC(=O)N(CC1CCC1)[C@@H]1CCCN(c2ccc(Cn3cnc(Br)c3)nn2)C1. The molecule has 9 heteroatoms. The summed E-state index contributed by atoms with van der Waals surface area (Å²) in [6, 6.07) is 4.17. The minimum atomic E-state index is -0.491. The molecule has 0 bridgehead atoms. The van der Waals surface area contributed by atoms with E-state index in [1.54, 1.807) is 6.33 Å². The minimum absolute atomic E-state index is 0.129. The zero-order chi connectivity index (χ0) is 22.7. The molecule has 1 saturated heterocycles. The third-order valence-corrected chi connectivity index (χ3v) is 6.53. The highest BCUT2D eigenvalue weighted by Gasteiger charge is 2.34. The summed E-state index contributed by atoms with van der Waals surface area (Å²) in [4.78, 5) is 21.5. The van der Waals surface area contributed by atoms with Crippen LogP contribution in [0.15, 0.2) is 29.3 Å². The number of carbonyl (C=O) groups excluding carboxylic acids is 1. The van der Waals surface area contributed by atoms with Crippen molar-refractivity contribution in [2.45, 2.75) is 71.1 Å². The lowest BCUT2D eigenvalue weighted by Crippen LogP contribution is -2.53. The molecule has 1 amide bonds. The molecule has 1 aliphatic heterocycles. The van der Waals surface area contributed by atoms with Gasteiger partial charge >= 0.3 is 6.09 Å². The highest BCUT2D eigenvalue weighted by Crippen LogP contribution is 2.30. The first-order chi connectivity index (χ1) is 15.3. The van der Waals surface area contributed by atoms with Crippen molar-refractivity contribution in [2.75, 3.05) is 24.5 Å². The van der Waals surface area contributed by atoms with Crippen molar-refractivity contribution < 1.29 is 9.53 Å². The van der Waals surface area contributed by atoms with E-state index in [9.17, 15) is 4.79 Å². The lowest BCUT2D eigenvalue weighted by Gasteiger charge is -2.42. The summed E-state index contributed by atoms with van der Waals surface area (Å²) >= 11 is 3.36. The van der Waals surface area contributed by atoms with Crippen molar-refractivity contribution in [3.05, 3.63) is 35.0 Å². The summed E-state index contributed by atoms with van der Waals surface area (Å²) in [7, 11) is 0. The van der Waals surface area contributed by atoms with Gasteiger partial charge in [0.15, 0.2) is 5.82 Å². The summed E-state index contributed by atoms with van der Waals surface area (Å²) in [5.74, 6) is 1.46. The van der Waals surface area contributed by atoms with Crippen LogP contribution in [0.1, 0.15) is 58.6 Å². The Bertz CT molecular complexity index is 906. The average molecular weight is 505 g/mol. The Hall–Kier alpha value is -2.16. The normalized spacial score (nSPS) is 19.5. The third-order valence-electron chi connectivity index (χ3n) is 6.12. The van der Waals surface area contributed by atoms with Crippen LogP contribution in [0, 0.1) is 5.92 Å². The van der Waals surface area contributed by atoms with E-state index in [1.807, 2.05) is 48.6 Å². The fraction of sp³-hybridized carbons (Fsp3) is 0.652. The molecule has 4 rings (SSSR count). The fourth-order valence-corrected chi connectivity index (χ4v) is 4.63. The highest BCUT2D eigenvalue weighted by molar-refractivity contribution is 9.10. The number of amides is 1. The molecular formula is C23H33BrN6O2. The molecule has 3 heterocycles. The van der Waals surface area contributed by atoms with Gasteiger partial charge < -0.3 is 19.1 Å². The highest BCUT2D eigenvalue weighted by atomic mass is 79.9. The lowest BCUT2D eigenvalue weighted by molar-refractivity contribution is 0.00733. The van der Waals surface area contributed by atoms with E-state index in [0.717, 1.165) is 48.6 Å². The van der Waals surface area contributed by atoms with Crippen LogP contribution in [0.4, 0.5) is 10.6 Å². The molecule has 0 radical (unpaired) electrons. The largest absolute Gasteiger partial charge is 0.444 e. The average Bonchev–Trinajstić information content (AvgIpc) is 3.11. The second kappa shape index (κ2) is 9.77. The van der Waals surface area contributed by atoms with Gasteiger partial charge in [0.05, 0.1) is 24.6 Å². The van der Waals surface area contributed by atoms with Gasteiger partial charge in [0.25, 0.3) is 0 Å².